The van der Waals surface area contributed by atoms with Gasteiger partial charge in [0.25, 0.3) is 0 Å². The van der Waals surface area contributed by atoms with Crippen molar-refractivity contribution in [3.8, 4) is 0 Å². The molecule has 0 saturated carbocycles. The van der Waals surface area contributed by atoms with E-state index in [0.717, 1.165) is 64.2 Å². The maximum Gasteiger partial charge on any atom is 0.335 e. The van der Waals surface area contributed by atoms with Gasteiger partial charge in [-0.3, -0.25) is 9.59 Å². The van der Waals surface area contributed by atoms with E-state index in [1.807, 2.05) is 0 Å². The number of hydrogen-bond donors (Lipinski definition) is 4. The summed E-state index contributed by atoms with van der Waals surface area (Å²) < 4.78 is 21.8. The lowest BCUT2D eigenvalue weighted by Gasteiger charge is -2.38. The summed E-state index contributed by atoms with van der Waals surface area (Å²) in [5, 5.41) is 39.8. The van der Waals surface area contributed by atoms with Gasteiger partial charge in [0.05, 0.1) is 6.61 Å². The summed E-state index contributed by atoms with van der Waals surface area (Å²) in [6.07, 6.45) is 33.8. The van der Waals surface area contributed by atoms with E-state index in [1.165, 1.54) is 109 Å². The fraction of sp³-hybridized carbons (Fsp3) is 0.854. The Kier molecular flexibility index (Phi) is 35.8. The third kappa shape index (κ3) is 30.4. The van der Waals surface area contributed by atoms with Crippen molar-refractivity contribution < 1.29 is 53.8 Å². The van der Waals surface area contributed by atoms with Crippen LogP contribution in [0.3, 0.4) is 0 Å². The van der Waals surface area contributed by atoms with Crippen molar-refractivity contribution in [1.82, 2.24) is 0 Å². The lowest BCUT2D eigenvalue weighted by molar-refractivity contribution is -0.298. The zero-order valence-electron chi connectivity index (χ0n) is 37.3. The van der Waals surface area contributed by atoms with Crippen molar-refractivity contribution >= 4 is 17.9 Å². The number of allylic oxidation sites excluding steroid dienone is 4. The van der Waals surface area contributed by atoms with E-state index in [4.69, 9.17) is 18.9 Å². The topological polar surface area (TPSA) is 169 Å². The van der Waals surface area contributed by atoms with E-state index in [-0.39, 0.29) is 19.4 Å². The van der Waals surface area contributed by atoms with Gasteiger partial charge in [0, 0.05) is 12.8 Å². The second-order valence-corrected chi connectivity index (χ2v) is 16.6. The summed E-state index contributed by atoms with van der Waals surface area (Å²) in [5.74, 6) is -2.45. The van der Waals surface area contributed by atoms with Crippen LogP contribution in [0.5, 0.6) is 0 Å². The monoisotopic (exact) mass is 839 g/mol. The average molecular weight is 839 g/mol. The molecule has 344 valence electrons. The summed E-state index contributed by atoms with van der Waals surface area (Å²) in [4.78, 5) is 36.8. The molecule has 0 radical (unpaired) electrons. The molecule has 0 aromatic heterocycles. The number of carbonyl (C=O) groups is 3. The second kappa shape index (κ2) is 38.6. The van der Waals surface area contributed by atoms with Crippen LogP contribution in [0, 0.1) is 0 Å². The first kappa shape index (κ1) is 54.7. The summed E-state index contributed by atoms with van der Waals surface area (Å²) >= 11 is 0. The number of carboxylic acid groups (broad SMARTS) is 1. The van der Waals surface area contributed by atoms with E-state index >= 15 is 0 Å². The fourth-order valence-corrected chi connectivity index (χ4v) is 7.27. The lowest BCUT2D eigenvalue weighted by atomic mass is 9.99. The van der Waals surface area contributed by atoms with Gasteiger partial charge in [0.15, 0.2) is 18.5 Å². The van der Waals surface area contributed by atoms with Gasteiger partial charge in [0.2, 0.25) is 0 Å². The van der Waals surface area contributed by atoms with Gasteiger partial charge in [-0.05, 0) is 38.5 Å². The van der Waals surface area contributed by atoms with Gasteiger partial charge in [-0.2, -0.15) is 0 Å². The maximum atomic E-state index is 12.8. The molecule has 0 aliphatic carbocycles. The first-order chi connectivity index (χ1) is 28.7. The molecule has 0 spiro atoms. The fourth-order valence-electron chi connectivity index (χ4n) is 7.27. The molecule has 11 heteroatoms. The normalized spacial score (nSPS) is 20.1. The van der Waals surface area contributed by atoms with Crippen LogP contribution in [0.2, 0.25) is 0 Å². The van der Waals surface area contributed by atoms with Crippen molar-refractivity contribution in [3.05, 3.63) is 24.3 Å². The first-order valence-corrected chi connectivity index (χ1v) is 23.9. The summed E-state index contributed by atoms with van der Waals surface area (Å²) in [7, 11) is 0. The van der Waals surface area contributed by atoms with E-state index in [9.17, 15) is 34.8 Å². The highest BCUT2D eigenvalue weighted by molar-refractivity contribution is 5.73. The van der Waals surface area contributed by atoms with Crippen molar-refractivity contribution in [2.75, 3.05) is 13.2 Å². The smallest absolute Gasteiger partial charge is 0.335 e. The molecule has 1 saturated heterocycles. The number of aliphatic hydroxyl groups is 3. The van der Waals surface area contributed by atoms with Crippen LogP contribution < -0.4 is 0 Å². The van der Waals surface area contributed by atoms with Gasteiger partial charge < -0.3 is 39.4 Å². The highest BCUT2D eigenvalue weighted by Gasteiger charge is 2.47. The Balaban J connectivity index is 2.31. The number of aliphatic carboxylic acids is 1. The molecule has 4 N–H and O–H groups in total. The zero-order valence-corrected chi connectivity index (χ0v) is 37.3. The van der Waals surface area contributed by atoms with Crippen LogP contribution in [-0.4, -0.2) is 88.4 Å². The van der Waals surface area contributed by atoms with Crippen molar-refractivity contribution in [2.24, 2.45) is 0 Å². The molecule has 6 atom stereocenters. The zero-order chi connectivity index (χ0) is 43.2. The van der Waals surface area contributed by atoms with E-state index in [0.29, 0.717) is 12.8 Å². The van der Waals surface area contributed by atoms with Crippen LogP contribution in [0.1, 0.15) is 213 Å². The highest BCUT2D eigenvalue weighted by Crippen LogP contribution is 2.23. The van der Waals surface area contributed by atoms with Crippen LogP contribution in [0.15, 0.2) is 24.3 Å². The average Bonchev–Trinajstić information content (AvgIpc) is 3.22. The Hall–Kier alpha value is -2.31. The molecule has 59 heavy (non-hydrogen) atoms. The molecule has 1 aliphatic heterocycles. The molecule has 0 aromatic carbocycles. The largest absolute Gasteiger partial charge is 0.479 e. The third-order valence-corrected chi connectivity index (χ3v) is 11.0. The first-order valence-electron chi connectivity index (χ1n) is 23.9. The van der Waals surface area contributed by atoms with Gasteiger partial charge >= 0.3 is 17.9 Å². The molecule has 0 amide bonds. The Morgan fingerprint density at radius 3 is 1.47 bits per heavy atom. The minimum atomic E-state index is -1.86. The molecule has 1 heterocycles. The minimum Gasteiger partial charge on any atom is -0.479 e. The number of carbonyl (C=O) groups excluding carboxylic acids is 2. The van der Waals surface area contributed by atoms with Gasteiger partial charge in [0.1, 0.15) is 24.9 Å². The number of ether oxygens (including phenoxy) is 4. The van der Waals surface area contributed by atoms with E-state index < -0.39 is 61.3 Å². The van der Waals surface area contributed by atoms with Crippen LogP contribution in [0.4, 0.5) is 0 Å². The van der Waals surface area contributed by atoms with E-state index in [1.54, 1.807) is 0 Å². The minimum absolute atomic E-state index is 0.184. The van der Waals surface area contributed by atoms with Crippen LogP contribution in [0.25, 0.3) is 0 Å². The molecule has 6 unspecified atom stereocenters. The van der Waals surface area contributed by atoms with Crippen molar-refractivity contribution in [1.29, 1.82) is 0 Å². The number of esters is 2. The predicted octanol–water partition coefficient (Wildman–Crippen LogP) is 10.6. The SMILES string of the molecule is CCC/C=C\C/C=C\CCCCCCCC(=O)OCC(COC1OC(C(=O)O)C(O)C(O)C1O)OC(=O)CCCCCCCCCCCCCCCCCCCCCC. The number of hydrogen-bond acceptors (Lipinski definition) is 10. The molecule has 1 rings (SSSR count). The lowest BCUT2D eigenvalue weighted by Crippen LogP contribution is -2.60. The Labute approximate surface area is 358 Å². The molecule has 0 bridgehead atoms. The number of rotatable bonds is 40. The summed E-state index contributed by atoms with van der Waals surface area (Å²) in [6.45, 7) is 3.76. The quantitative estimate of drug-likeness (QED) is 0.0263. The second-order valence-electron chi connectivity index (χ2n) is 16.6. The third-order valence-electron chi connectivity index (χ3n) is 11.0. The number of unbranched alkanes of at least 4 members (excludes halogenated alkanes) is 25. The Morgan fingerprint density at radius 2 is 0.983 bits per heavy atom. The Bertz CT molecular complexity index is 1080. The highest BCUT2D eigenvalue weighted by atomic mass is 16.7. The number of carboxylic acids is 1. The molecular formula is C48H86O11. The molecule has 1 fully saturated rings. The molecule has 0 aromatic rings. The van der Waals surface area contributed by atoms with Crippen molar-refractivity contribution in [3.63, 3.8) is 0 Å². The predicted molar refractivity (Wildman–Crippen MR) is 234 cm³/mol. The summed E-state index contributed by atoms with van der Waals surface area (Å²) in [6, 6.07) is 0. The maximum absolute atomic E-state index is 12.8. The van der Waals surface area contributed by atoms with Crippen LogP contribution in [-0.2, 0) is 33.3 Å². The molecular weight excluding hydrogens is 753 g/mol. The van der Waals surface area contributed by atoms with Gasteiger partial charge in [-0.25, -0.2) is 4.79 Å². The van der Waals surface area contributed by atoms with Gasteiger partial charge in [-0.1, -0.05) is 186 Å². The standard InChI is InChI=1S/C48H86O11/c1-3-5-7-9-11-13-15-17-18-19-20-21-22-23-25-27-29-31-33-35-37-42(50)58-40(39-57-48-45(53)43(51)44(52)46(59-48)47(54)55)38-56-41(49)36-34-32-30-28-26-24-16-14-12-10-8-6-4-2/h8,10,14,16,40,43-46,48,51-53H,3-7,9,11-13,15,17-39H2,1-2H3,(H,54,55)/b10-8-,16-14-. The van der Waals surface area contributed by atoms with Crippen LogP contribution >= 0.6 is 0 Å². The molecule has 1 aliphatic rings. The molecule has 11 nitrogen and oxygen atoms in total. The van der Waals surface area contributed by atoms with E-state index in [2.05, 4.69) is 38.2 Å². The van der Waals surface area contributed by atoms with Gasteiger partial charge in [-0.15, -0.1) is 0 Å². The summed E-state index contributed by atoms with van der Waals surface area (Å²) in [5.41, 5.74) is 0. The van der Waals surface area contributed by atoms with Crippen molar-refractivity contribution in [2.45, 2.75) is 250 Å². The number of aliphatic hydroxyl groups excluding tert-OH is 3. The Morgan fingerprint density at radius 1 is 0.525 bits per heavy atom.